The van der Waals surface area contributed by atoms with E-state index in [1.165, 1.54) is 12.8 Å². The highest BCUT2D eigenvalue weighted by Crippen LogP contribution is 2.32. The molecule has 15 heavy (non-hydrogen) atoms. The number of aryl methyl sites for hydroxylation is 1. The standard InChI is InChI=1S/C12H18N2O/c1-9-4-3-5-11(9)12(15)6-10-7-13-14(2)8-10/h7-9,11H,3-6H2,1-2H3. The molecular formula is C12H18N2O. The number of ketones is 1. The molecule has 0 N–H and O–H groups in total. The maximum atomic E-state index is 12.0. The first-order valence-corrected chi connectivity index (χ1v) is 5.67. The molecule has 2 unspecified atom stereocenters. The topological polar surface area (TPSA) is 34.9 Å². The van der Waals surface area contributed by atoms with Crippen LogP contribution in [0.2, 0.25) is 0 Å². The molecule has 1 heterocycles. The molecule has 1 fully saturated rings. The van der Waals surface area contributed by atoms with E-state index in [2.05, 4.69) is 12.0 Å². The van der Waals surface area contributed by atoms with Gasteiger partial charge in [-0.3, -0.25) is 9.48 Å². The van der Waals surface area contributed by atoms with Gasteiger partial charge in [-0.15, -0.1) is 0 Å². The predicted octanol–water partition coefficient (Wildman–Crippen LogP) is 1.97. The number of carbonyl (C=O) groups excluding carboxylic acids is 1. The number of nitrogens with zero attached hydrogens (tertiary/aromatic N) is 2. The van der Waals surface area contributed by atoms with Gasteiger partial charge in [0.05, 0.1) is 6.20 Å². The van der Waals surface area contributed by atoms with Crippen molar-refractivity contribution in [3.8, 4) is 0 Å². The Morgan fingerprint density at radius 3 is 2.93 bits per heavy atom. The summed E-state index contributed by atoms with van der Waals surface area (Å²) < 4.78 is 1.75. The highest BCUT2D eigenvalue weighted by Gasteiger charge is 2.29. The molecule has 0 aliphatic heterocycles. The van der Waals surface area contributed by atoms with Crippen molar-refractivity contribution < 1.29 is 4.79 Å². The number of aromatic nitrogens is 2. The van der Waals surface area contributed by atoms with Crippen LogP contribution in [0.1, 0.15) is 31.7 Å². The summed E-state index contributed by atoms with van der Waals surface area (Å²) in [6.07, 6.45) is 7.78. The lowest BCUT2D eigenvalue weighted by Gasteiger charge is -2.12. The van der Waals surface area contributed by atoms with Crippen molar-refractivity contribution in [3.63, 3.8) is 0 Å². The molecule has 1 aromatic heterocycles. The second kappa shape index (κ2) is 4.17. The summed E-state index contributed by atoms with van der Waals surface area (Å²) in [4.78, 5) is 12.0. The normalized spacial score (nSPS) is 25.7. The van der Waals surface area contributed by atoms with Crippen molar-refractivity contribution in [2.24, 2.45) is 18.9 Å². The molecule has 1 saturated carbocycles. The Hall–Kier alpha value is -1.12. The zero-order valence-corrected chi connectivity index (χ0v) is 9.44. The van der Waals surface area contributed by atoms with Crippen molar-refractivity contribution in [2.45, 2.75) is 32.6 Å². The van der Waals surface area contributed by atoms with E-state index < -0.39 is 0 Å². The van der Waals surface area contributed by atoms with Gasteiger partial charge in [-0.1, -0.05) is 13.3 Å². The van der Waals surface area contributed by atoms with Gasteiger partial charge >= 0.3 is 0 Å². The van der Waals surface area contributed by atoms with Gasteiger partial charge in [0.1, 0.15) is 5.78 Å². The number of hydrogen-bond donors (Lipinski definition) is 0. The summed E-state index contributed by atoms with van der Waals surface area (Å²) in [6, 6.07) is 0. The zero-order valence-electron chi connectivity index (χ0n) is 9.44. The third-order valence-corrected chi connectivity index (χ3v) is 3.41. The fourth-order valence-corrected chi connectivity index (χ4v) is 2.52. The first kappa shape index (κ1) is 10.4. The third-order valence-electron chi connectivity index (χ3n) is 3.41. The molecule has 1 aliphatic carbocycles. The summed E-state index contributed by atoms with van der Waals surface area (Å²) in [7, 11) is 1.88. The third kappa shape index (κ3) is 2.28. The van der Waals surface area contributed by atoms with E-state index in [0.717, 1.165) is 12.0 Å². The van der Waals surface area contributed by atoms with Crippen molar-refractivity contribution in [3.05, 3.63) is 18.0 Å². The van der Waals surface area contributed by atoms with Crippen LogP contribution in [-0.4, -0.2) is 15.6 Å². The summed E-state index contributed by atoms with van der Waals surface area (Å²) in [6.45, 7) is 2.19. The lowest BCUT2D eigenvalue weighted by atomic mass is 9.91. The molecule has 0 saturated heterocycles. The van der Waals surface area contributed by atoms with Crippen LogP contribution in [-0.2, 0) is 18.3 Å². The lowest BCUT2D eigenvalue weighted by molar-refractivity contribution is -0.123. The first-order valence-electron chi connectivity index (χ1n) is 5.67. The minimum Gasteiger partial charge on any atom is -0.299 e. The second-order valence-corrected chi connectivity index (χ2v) is 4.68. The minimum absolute atomic E-state index is 0.296. The molecular weight excluding hydrogens is 188 g/mol. The molecule has 3 heteroatoms. The Kier molecular flexibility index (Phi) is 2.89. The second-order valence-electron chi connectivity index (χ2n) is 4.68. The van der Waals surface area contributed by atoms with Gasteiger partial charge < -0.3 is 0 Å². The monoisotopic (exact) mass is 206 g/mol. The Morgan fingerprint density at radius 2 is 2.40 bits per heavy atom. The maximum absolute atomic E-state index is 12.0. The van der Waals surface area contributed by atoms with Crippen LogP contribution in [0.15, 0.2) is 12.4 Å². The van der Waals surface area contributed by atoms with E-state index in [1.54, 1.807) is 10.9 Å². The molecule has 0 amide bonds. The maximum Gasteiger partial charge on any atom is 0.140 e. The largest absolute Gasteiger partial charge is 0.299 e. The van der Waals surface area contributed by atoms with Crippen LogP contribution in [0.3, 0.4) is 0 Å². The Bertz CT molecular complexity index is 356. The van der Waals surface area contributed by atoms with E-state index in [0.29, 0.717) is 24.0 Å². The summed E-state index contributed by atoms with van der Waals surface area (Å²) in [5.41, 5.74) is 1.04. The average molecular weight is 206 g/mol. The SMILES string of the molecule is CC1CCCC1C(=O)Cc1cnn(C)c1. The van der Waals surface area contributed by atoms with Gasteiger partial charge in [0, 0.05) is 25.6 Å². The summed E-state index contributed by atoms with van der Waals surface area (Å²) >= 11 is 0. The van der Waals surface area contributed by atoms with Crippen molar-refractivity contribution >= 4 is 5.78 Å². The zero-order chi connectivity index (χ0) is 10.8. The fraction of sp³-hybridized carbons (Fsp3) is 0.667. The van der Waals surface area contributed by atoms with E-state index in [1.807, 2.05) is 13.2 Å². The molecule has 0 spiro atoms. The van der Waals surface area contributed by atoms with Crippen LogP contribution >= 0.6 is 0 Å². The quantitative estimate of drug-likeness (QED) is 0.757. The van der Waals surface area contributed by atoms with Crippen LogP contribution in [0.4, 0.5) is 0 Å². The Morgan fingerprint density at radius 1 is 1.60 bits per heavy atom. The van der Waals surface area contributed by atoms with Gasteiger partial charge in [-0.25, -0.2) is 0 Å². The van der Waals surface area contributed by atoms with Crippen molar-refractivity contribution in [1.29, 1.82) is 0 Å². The first-order chi connectivity index (χ1) is 7.16. The van der Waals surface area contributed by atoms with Crippen LogP contribution in [0.25, 0.3) is 0 Å². The molecule has 1 aromatic rings. The van der Waals surface area contributed by atoms with Gasteiger partial charge in [0.15, 0.2) is 0 Å². The van der Waals surface area contributed by atoms with E-state index >= 15 is 0 Å². The molecule has 2 rings (SSSR count). The van der Waals surface area contributed by atoms with Crippen LogP contribution in [0, 0.1) is 11.8 Å². The van der Waals surface area contributed by atoms with Crippen molar-refractivity contribution in [1.82, 2.24) is 9.78 Å². The van der Waals surface area contributed by atoms with E-state index in [9.17, 15) is 4.79 Å². The van der Waals surface area contributed by atoms with Crippen LogP contribution in [0.5, 0.6) is 0 Å². The number of rotatable bonds is 3. The molecule has 0 bridgehead atoms. The van der Waals surface area contributed by atoms with Gasteiger partial charge in [0.2, 0.25) is 0 Å². The Labute approximate surface area is 90.5 Å². The highest BCUT2D eigenvalue weighted by atomic mass is 16.1. The van der Waals surface area contributed by atoms with Gasteiger partial charge in [0.25, 0.3) is 0 Å². The molecule has 0 radical (unpaired) electrons. The molecule has 0 aromatic carbocycles. The van der Waals surface area contributed by atoms with Gasteiger partial charge in [-0.2, -0.15) is 5.10 Å². The summed E-state index contributed by atoms with van der Waals surface area (Å²) in [5, 5.41) is 4.08. The fourth-order valence-electron chi connectivity index (χ4n) is 2.52. The number of Topliss-reactive ketones (excluding diaryl/α,β-unsaturated/α-hetero) is 1. The summed E-state index contributed by atoms with van der Waals surface area (Å²) in [5.74, 6) is 1.27. The molecule has 2 atom stereocenters. The van der Waals surface area contributed by atoms with Crippen LogP contribution < -0.4 is 0 Å². The highest BCUT2D eigenvalue weighted by molar-refractivity contribution is 5.83. The molecule has 82 valence electrons. The molecule has 3 nitrogen and oxygen atoms in total. The minimum atomic E-state index is 0.296. The Balaban J connectivity index is 1.97. The average Bonchev–Trinajstić information content (AvgIpc) is 2.75. The molecule has 1 aliphatic rings. The lowest BCUT2D eigenvalue weighted by Crippen LogP contribution is -2.18. The van der Waals surface area contributed by atoms with E-state index in [-0.39, 0.29) is 0 Å². The smallest absolute Gasteiger partial charge is 0.140 e. The number of hydrogen-bond acceptors (Lipinski definition) is 2. The van der Waals surface area contributed by atoms with Gasteiger partial charge in [-0.05, 0) is 24.3 Å². The van der Waals surface area contributed by atoms with E-state index in [4.69, 9.17) is 0 Å². The predicted molar refractivity (Wildman–Crippen MR) is 58.4 cm³/mol. The number of carbonyl (C=O) groups is 1. The van der Waals surface area contributed by atoms with Crippen molar-refractivity contribution in [2.75, 3.05) is 0 Å².